The smallest absolute Gasteiger partial charge is 0.227 e. The third-order valence-corrected chi connectivity index (χ3v) is 7.19. The Bertz CT molecular complexity index is 1180. The first-order valence-corrected chi connectivity index (χ1v) is 12.3. The molecular weight excluding hydrogens is 449 g/mol. The Morgan fingerprint density at radius 3 is 2.69 bits per heavy atom. The van der Waals surface area contributed by atoms with Crippen LogP contribution in [0.4, 0.5) is 27.8 Å². The first kappa shape index (κ1) is 23.7. The molecule has 0 aliphatic carbocycles. The van der Waals surface area contributed by atoms with Crippen molar-refractivity contribution in [3.63, 3.8) is 0 Å². The summed E-state index contributed by atoms with van der Waals surface area (Å²) in [6, 6.07) is 3.42. The molecule has 2 saturated heterocycles. The molecule has 0 amide bonds. The molecule has 3 aromatic heterocycles. The fraction of sp³-hybridized carbons (Fsp3) is 0.583. The number of nitrogens with zero attached hydrogens (tertiary/aromatic N) is 7. The average molecular weight is 484 g/mol. The summed E-state index contributed by atoms with van der Waals surface area (Å²) < 4.78 is 16.1. The maximum Gasteiger partial charge on any atom is 0.227 e. The molecule has 5 rings (SSSR count). The van der Waals surface area contributed by atoms with E-state index in [-0.39, 0.29) is 12.6 Å². The number of nitrogens with one attached hydrogen (secondary N) is 1. The van der Waals surface area contributed by atoms with Gasteiger partial charge in [0.15, 0.2) is 5.82 Å². The van der Waals surface area contributed by atoms with Gasteiger partial charge in [-0.25, -0.2) is 14.4 Å². The van der Waals surface area contributed by atoms with Gasteiger partial charge in [-0.1, -0.05) is 6.92 Å². The van der Waals surface area contributed by atoms with E-state index >= 15 is 0 Å². The molecule has 35 heavy (non-hydrogen) atoms. The molecule has 1 unspecified atom stereocenters. The van der Waals surface area contributed by atoms with E-state index in [4.69, 9.17) is 10.8 Å². The zero-order valence-electron chi connectivity index (χ0n) is 20.5. The van der Waals surface area contributed by atoms with Gasteiger partial charge in [0.25, 0.3) is 0 Å². The van der Waals surface area contributed by atoms with Crippen LogP contribution in [0.15, 0.2) is 24.5 Å². The largest absolute Gasteiger partial charge is 0.390 e. The van der Waals surface area contributed by atoms with E-state index < -0.39 is 17.8 Å². The van der Waals surface area contributed by atoms with Crippen LogP contribution >= 0.6 is 0 Å². The quantitative estimate of drug-likeness (QED) is 0.486. The third-order valence-electron chi connectivity index (χ3n) is 7.19. The highest BCUT2D eigenvalue weighted by Gasteiger charge is 2.33. The van der Waals surface area contributed by atoms with Crippen molar-refractivity contribution < 1.29 is 9.50 Å². The van der Waals surface area contributed by atoms with Gasteiger partial charge in [0, 0.05) is 44.1 Å². The molecule has 10 nitrogen and oxygen atoms in total. The fourth-order valence-electron chi connectivity index (χ4n) is 4.68. The monoisotopic (exact) mass is 483 g/mol. The Kier molecular flexibility index (Phi) is 6.22. The second-order valence-corrected chi connectivity index (χ2v) is 10.0. The molecule has 0 spiro atoms. The Morgan fingerprint density at radius 2 is 2.00 bits per heavy atom. The number of anilines is 4. The summed E-state index contributed by atoms with van der Waals surface area (Å²) in [5.74, 6) is 2.63. The first-order valence-electron chi connectivity index (χ1n) is 12.3. The van der Waals surface area contributed by atoms with Gasteiger partial charge in [0.05, 0.1) is 29.1 Å². The van der Waals surface area contributed by atoms with E-state index in [0.717, 1.165) is 23.1 Å². The van der Waals surface area contributed by atoms with Crippen molar-refractivity contribution in [2.75, 3.05) is 41.3 Å². The molecule has 2 aliphatic heterocycles. The maximum atomic E-state index is 14.1. The van der Waals surface area contributed by atoms with Crippen molar-refractivity contribution in [3.05, 3.63) is 24.5 Å². The molecule has 11 heteroatoms. The van der Waals surface area contributed by atoms with Gasteiger partial charge in [-0.3, -0.25) is 4.68 Å². The molecule has 2 fully saturated rings. The van der Waals surface area contributed by atoms with E-state index in [1.807, 2.05) is 22.6 Å². The summed E-state index contributed by atoms with van der Waals surface area (Å²) >= 11 is 0. The summed E-state index contributed by atoms with van der Waals surface area (Å²) in [6.45, 7) is 8.18. The Labute approximate surface area is 204 Å². The lowest BCUT2D eigenvalue weighted by Gasteiger charge is -2.35. The molecule has 5 heterocycles. The van der Waals surface area contributed by atoms with Gasteiger partial charge in [-0.15, -0.1) is 0 Å². The van der Waals surface area contributed by atoms with Crippen LogP contribution in [-0.4, -0.2) is 73.8 Å². The highest BCUT2D eigenvalue weighted by Crippen LogP contribution is 2.33. The predicted octanol–water partition coefficient (Wildman–Crippen LogP) is 2.77. The summed E-state index contributed by atoms with van der Waals surface area (Å²) in [4.78, 5) is 17.7. The molecule has 0 saturated carbocycles. The van der Waals surface area contributed by atoms with E-state index in [2.05, 4.69) is 39.0 Å². The SMILES string of the molecule is CCC(C)n1nc(N2C[C@@H](F)[C@@H](N)C2)c2cnc(Nc3ccnc(N4CCC(C)(O)CC4)n3)cc21. The van der Waals surface area contributed by atoms with Gasteiger partial charge in [-0.2, -0.15) is 10.1 Å². The number of halogens is 1. The van der Waals surface area contributed by atoms with Crippen molar-refractivity contribution in [2.24, 2.45) is 5.73 Å². The summed E-state index contributed by atoms with van der Waals surface area (Å²) in [6.07, 6.45) is 4.71. The number of hydrogen-bond donors (Lipinski definition) is 3. The van der Waals surface area contributed by atoms with E-state index in [1.165, 1.54) is 0 Å². The van der Waals surface area contributed by atoms with Crippen molar-refractivity contribution in [2.45, 2.75) is 63.9 Å². The zero-order chi connectivity index (χ0) is 24.7. The minimum atomic E-state index is -1.06. The van der Waals surface area contributed by atoms with Gasteiger partial charge < -0.3 is 26.0 Å². The number of aliphatic hydroxyl groups is 1. The van der Waals surface area contributed by atoms with Crippen LogP contribution in [0.2, 0.25) is 0 Å². The lowest BCUT2D eigenvalue weighted by atomic mass is 9.94. The van der Waals surface area contributed by atoms with Crippen LogP contribution in [0, 0.1) is 0 Å². The molecule has 4 N–H and O–H groups in total. The molecule has 3 aromatic rings. The van der Waals surface area contributed by atoms with Crippen LogP contribution in [-0.2, 0) is 0 Å². The molecule has 0 bridgehead atoms. The van der Waals surface area contributed by atoms with Crippen LogP contribution in [0.1, 0.15) is 46.1 Å². The minimum absolute atomic E-state index is 0.168. The molecule has 3 atom stereocenters. The zero-order valence-corrected chi connectivity index (χ0v) is 20.5. The van der Waals surface area contributed by atoms with Gasteiger partial charge in [0.1, 0.15) is 17.8 Å². The van der Waals surface area contributed by atoms with Crippen molar-refractivity contribution in [1.82, 2.24) is 24.7 Å². The predicted molar refractivity (Wildman–Crippen MR) is 135 cm³/mol. The topological polar surface area (TPSA) is 121 Å². The van der Waals surface area contributed by atoms with Gasteiger partial charge in [-0.05, 0) is 39.2 Å². The Hall–Kier alpha value is -3.05. The number of pyridine rings is 1. The Balaban J connectivity index is 1.42. The lowest BCUT2D eigenvalue weighted by molar-refractivity contribution is 0.0349. The first-order chi connectivity index (χ1) is 16.7. The number of hydrogen-bond acceptors (Lipinski definition) is 9. The molecule has 2 aliphatic rings. The third kappa shape index (κ3) is 4.74. The van der Waals surface area contributed by atoms with Gasteiger partial charge >= 0.3 is 0 Å². The second-order valence-electron chi connectivity index (χ2n) is 10.0. The molecule has 0 aromatic carbocycles. The summed E-state index contributed by atoms with van der Waals surface area (Å²) in [5.41, 5.74) is 6.22. The van der Waals surface area contributed by atoms with Crippen LogP contribution in [0.3, 0.4) is 0 Å². The minimum Gasteiger partial charge on any atom is -0.390 e. The highest BCUT2D eigenvalue weighted by atomic mass is 19.1. The van der Waals surface area contributed by atoms with Crippen molar-refractivity contribution in [3.8, 4) is 0 Å². The normalized spacial score (nSPS) is 23.1. The van der Waals surface area contributed by atoms with E-state index in [0.29, 0.717) is 50.1 Å². The fourth-order valence-corrected chi connectivity index (χ4v) is 4.68. The number of fused-ring (bicyclic) bond motifs is 1. The van der Waals surface area contributed by atoms with Crippen LogP contribution in [0.5, 0.6) is 0 Å². The highest BCUT2D eigenvalue weighted by molar-refractivity contribution is 5.92. The maximum absolute atomic E-state index is 14.1. The number of alkyl halides is 1. The molecule has 0 radical (unpaired) electrons. The molecule has 188 valence electrons. The summed E-state index contributed by atoms with van der Waals surface area (Å²) in [5, 5.41) is 19.2. The van der Waals surface area contributed by atoms with Crippen molar-refractivity contribution in [1.29, 1.82) is 0 Å². The van der Waals surface area contributed by atoms with E-state index in [9.17, 15) is 9.50 Å². The second kappa shape index (κ2) is 9.19. The number of aromatic nitrogens is 5. The summed E-state index contributed by atoms with van der Waals surface area (Å²) in [7, 11) is 0. The van der Waals surface area contributed by atoms with Gasteiger partial charge in [0.2, 0.25) is 5.95 Å². The van der Waals surface area contributed by atoms with E-state index in [1.54, 1.807) is 18.5 Å². The number of piperidine rings is 1. The average Bonchev–Trinajstić information content (AvgIpc) is 3.38. The van der Waals surface area contributed by atoms with Crippen LogP contribution < -0.4 is 20.9 Å². The Morgan fingerprint density at radius 1 is 1.23 bits per heavy atom. The van der Waals surface area contributed by atoms with Crippen LogP contribution in [0.25, 0.3) is 10.9 Å². The number of nitrogens with two attached hydrogens (primary N) is 1. The molecular formula is C24H34FN9O. The lowest BCUT2D eigenvalue weighted by Crippen LogP contribution is -2.43. The number of rotatable bonds is 6. The van der Waals surface area contributed by atoms with Crippen molar-refractivity contribution >= 4 is 34.3 Å². The standard InChI is InChI=1S/C24H34FN9O/c1-4-15(2)34-19-11-21(28-12-16(19)22(31-34)33-13-17(25)18(26)14-33)29-20-5-8-27-23(30-20)32-9-6-24(3,35)7-10-32/h5,8,11-12,15,17-18,35H,4,6-7,9-10,13-14,26H2,1-3H3,(H,27,28,29,30)/t15?,17-,18+/m1/s1.